The van der Waals surface area contributed by atoms with Gasteiger partial charge in [-0.3, -0.25) is 4.79 Å². The number of hydrogen-bond acceptors (Lipinski definition) is 4. The lowest BCUT2D eigenvalue weighted by Gasteiger charge is -2.19. The molecule has 2 aromatic heterocycles. The predicted octanol–water partition coefficient (Wildman–Crippen LogP) is 3.71. The second-order valence-electron chi connectivity index (χ2n) is 5.16. The molecule has 106 valence electrons. The SMILES string of the molecule is O=C(NCc1nc(C2CCCCC2)cs1)c1ccco1. The molecule has 4 nitrogen and oxygen atoms in total. The molecule has 0 radical (unpaired) electrons. The van der Waals surface area contributed by atoms with Crippen LogP contribution in [0.25, 0.3) is 0 Å². The van der Waals surface area contributed by atoms with Gasteiger partial charge in [0.05, 0.1) is 18.5 Å². The Labute approximate surface area is 122 Å². The molecule has 1 N–H and O–H groups in total. The molecule has 3 rings (SSSR count). The number of thiazole rings is 1. The van der Waals surface area contributed by atoms with Crippen LogP contribution in [0.4, 0.5) is 0 Å². The average molecular weight is 290 g/mol. The molecular weight excluding hydrogens is 272 g/mol. The summed E-state index contributed by atoms with van der Waals surface area (Å²) in [5.41, 5.74) is 1.21. The summed E-state index contributed by atoms with van der Waals surface area (Å²) in [5, 5.41) is 5.94. The van der Waals surface area contributed by atoms with Crippen molar-refractivity contribution >= 4 is 17.2 Å². The van der Waals surface area contributed by atoms with Gasteiger partial charge in [0.1, 0.15) is 5.01 Å². The van der Waals surface area contributed by atoms with Crippen LogP contribution < -0.4 is 5.32 Å². The van der Waals surface area contributed by atoms with Gasteiger partial charge in [-0.05, 0) is 25.0 Å². The first kappa shape index (κ1) is 13.4. The predicted molar refractivity (Wildman–Crippen MR) is 77.8 cm³/mol. The second-order valence-corrected chi connectivity index (χ2v) is 6.10. The van der Waals surface area contributed by atoms with Gasteiger partial charge in [-0.2, -0.15) is 0 Å². The zero-order valence-corrected chi connectivity index (χ0v) is 12.1. The molecule has 0 spiro atoms. The number of furan rings is 1. The van der Waals surface area contributed by atoms with E-state index in [0.29, 0.717) is 18.2 Å². The summed E-state index contributed by atoms with van der Waals surface area (Å²) in [6.07, 6.45) is 7.98. The Bertz CT molecular complexity index is 556. The van der Waals surface area contributed by atoms with Crippen molar-refractivity contribution in [1.82, 2.24) is 10.3 Å². The largest absolute Gasteiger partial charge is 0.459 e. The third kappa shape index (κ3) is 3.10. The summed E-state index contributed by atoms with van der Waals surface area (Å²) >= 11 is 1.63. The van der Waals surface area contributed by atoms with Gasteiger partial charge in [-0.25, -0.2) is 4.98 Å². The third-order valence-corrected chi connectivity index (χ3v) is 4.61. The average Bonchev–Trinajstić information content (AvgIpc) is 3.17. The molecule has 1 amide bonds. The molecule has 0 bridgehead atoms. The maximum absolute atomic E-state index is 11.8. The quantitative estimate of drug-likeness (QED) is 0.933. The number of aromatic nitrogens is 1. The van der Waals surface area contributed by atoms with Crippen LogP contribution >= 0.6 is 11.3 Å². The number of amides is 1. The van der Waals surface area contributed by atoms with Crippen molar-refractivity contribution in [2.24, 2.45) is 0 Å². The van der Waals surface area contributed by atoms with E-state index in [0.717, 1.165) is 5.01 Å². The Kier molecular flexibility index (Phi) is 4.16. The van der Waals surface area contributed by atoms with Gasteiger partial charge in [-0.1, -0.05) is 19.3 Å². The summed E-state index contributed by atoms with van der Waals surface area (Å²) in [7, 11) is 0. The van der Waals surface area contributed by atoms with Crippen LogP contribution in [-0.2, 0) is 6.54 Å². The minimum Gasteiger partial charge on any atom is -0.459 e. The van der Waals surface area contributed by atoms with Crippen LogP contribution in [-0.4, -0.2) is 10.9 Å². The Morgan fingerprint density at radius 3 is 3.00 bits per heavy atom. The van der Waals surface area contributed by atoms with Gasteiger partial charge in [-0.15, -0.1) is 11.3 Å². The molecule has 1 aliphatic carbocycles. The van der Waals surface area contributed by atoms with Gasteiger partial charge in [0.15, 0.2) is 5.76 Å². The van der Waals surface area contributed by atoms with E-state index in [1.165, 1.54) is 44.1 Å². The van der Waals surface area contributed by atoms with Crippen molar-refractivity contribution < 1.29 is 9.21 Å². The lowest BCUT2D eigenvalue weighted by atomic mass is 9.87. The molecule has 0 saturated heterocycles. The van der Waals surface area contributed by atoms with E-state index in [1.807, 2.05) is 0 Å². The molecule has 1 aliphatic rings. The van der Waals surface area contributed by atoms with Crippen molar-refractivity contribution in [2.45, 2.75) is 44.6 Å². The monoisotopic (exact) mass is 290 g/mol. The molecular formula is C15H18N2O2S. The minimum absolute atomic E-state index is 0.190. The lowest BCUT2D eigenvalue weighted by molar-refractivity contribution is 0.0923. The summed E-state index contributed by atoms with van der Waals surface area (Å²) in [5.74, 6) is 0.771. The highest BCUT2D eigenvalue weighted by Gasteiger charge is 2.18. The molecule has 1 fully saturated rings. The van der Waals surface area contributed by atoms with Crippen molar-refractivity contribution in [3.8, 4) is 0 Å². The second kappa shape index (κ2) is 6.22. The normalized spacial score (nSPS) is 16.2. The van der Waals surface area contributed by atoms with Crippen molar-refractivity contribution in [3.63, 3.8) is 0 Å². The highest BCUT2D eigenvalue weighted by atomic mass is 32.1. The highest BCUT2D eigenvalue weighted by molar-refractivity contribution is 7.09. The number of carbonyl (C=O) groups is 1. The molecule has 0 atom stereocenters. The van der Waals surface area contributed by atoms with Crippen LogP contribution in [0.15, 0.2) is 28.2 Å². The molecule has 1 saturated carbocycles. The Hall–Kier alpha value is -1.62. The van der Waals surface area contributed by atoms with E-state index in [4.69, 9.17) is 4.42 Å². The number of rotatable bonds is 4. The molecule has 5 heteroatoms. The Morgan fingerprint density at radius 1 is 1.40 bits per heavy atom. The maximum Gasteiger partial charge on any atom is 0.287 e. The lowest BCUT2D eigenvalue weighted by Crippen LogP contribution is -2.22. The number of carbonyl (C=O) groups excluding carboxylic acids is 1. The van der Waals surface area contributed by atoms with Gasteiger partial charge in [0.2, 0.25) is 0 Å². The number of hydrogen-bond donors (Lipinski definition) is 1. The topological polar surface area (TPSA) is 55.1 Å². The summed E-state index contributed by atoms with van der Waals surface area (Å²) in [4.78, 5) is 16.4. The number of nitrogens with zero attached hydrogens (tertiary/aromatic N) is 1. The highest BCUT2D eigenvalue weighted by Crippen LogP contribution is 2.32. The summed E-state index contributed by atoms with van der Waals surface area (Å²) in [6, 6.07) is 3.37. The molecule has 2 aromatic rings. The van der Waals surface area contributed by atoms with Gasteiger partial charge in [0.25, 0.3) is 5.91 Å². The first-order valence-corrected chi connectivity index (χ1v) is 7.97. The van der Waals surface area contributed by atoms with Crippen LogP contribution in [0, 0.1) is 0 Å². The third-order valence-electron chi connectivity index (χ3n) is 3.74. The first-order valence-electron chi connectivity index (χ1n) is 7.09. The van der Waals surface area contributed by atoms with E-state index in [-0.39, 0.29) is 5.91 Å². The molecule has 0 unspecified atom stereocenters. The zero-order chi connectivity index (χ0) is 13.8. The van der Waals surface area contributed by atoms with Crippen LogP contribution in [0.3, 0.4) is 0 Å². The van der Waals surface area contributed by atoms with E-state index in [9.17, 15) is 4.79 Å². The van der Waals surface area contributed by atoms with Crippen LogP contribution in [0.5, 0.6) is 0 Å². The number of nitrogens with one attached hydrogen (secondary N) is 1. The van der Waals surface area contributed by atoms with Gasteiger partial charge >= 0.3 is 0 Å². The first-order chi connectivity index (χ1) is 9.83. The Balaban J connectivity index is 1.56. The van der Waals surface area contributed by atoms with Crippen molar-refractivity contribution in [2.75, 3.05) is 0 Å². The fraction of sp³-hybridized carbons (Fsp3) is 0.467. The summed E-state index contributed by atoms with van der Waals surface area (Å²) in [6.45, 7) is 0.469. The van der Waals surface area contributed by atoms with Gasteiger partial charge in [0, 0.05) is 11.3 Å². The van der Waals surface area contributed by atoms with Crippen LogP contribution in [0.1, 0.15) is 59.3 Å². The zero-order valence-electron chi connectivity index (χ0n) is 11.3. The van der Waals surface area contributed by atoms with Gasteiger partial charge < -0.3 is 9.73 Å². The van der Waals surface area contributed by atoms with E-state index >= 15 is 0 Å². The van der Waals surface area contributed by atoms with Crippen molar-refractivity contribution in [1.29, 1.82) is 0 Å². The fourth-order valence-electron chi connectivity index (χ4n) is 2.64. The molecule has 2 heterocycles. The minimum atomic E-state index is -0.190. The molecule has 0 aromatic carbocycles. The van der Waals surface area contributed by atoms with E-state index in [1.54, 1.807) is 23.5 Å². The van der Waals surface area contributed by atoms with E-state index < -0.39 is 0 Å². The summed E-state index contributed by atoms with van der Waals surface area (Å²) < 4.78 is 5.06. The molecule has 0 aliphatic heterocycles. The Morgan fingerprint density at radius 2 is 2.25 bits per heavy atom. The van der Waals surface area contributed by atoms with Crippen molar-refractivity contribution in [3.05, 3.63) is 40.2 Å². The van der Waals surface area contributed by atoms with Crippen LogP contribution in [0.2, 0.25) is 0 Å². The van der Waals surface area contributed by atoms with E-state index in [2.05, 4.69) is 15.7 Å². The fourth-order valence-corrected chi connectivity index (χ4v) is 3.46. The standard InChI is InChI=1S/C15H18N2O2S/c18-15(13-7-4-8-19-13)16-9-14-17-12(10-20-14)11-5-2-1-3-6-11/h4,7-8,10-11H,1-3,5-6,9H2,(H,16,18). The maximum atomic E-state index is 11.8. The smallest absolute Gasteiger partial charge is 0.287 e. The molecule has 20 heavy (non-hydrogen) atoms.